The molecule has 0 saturated heterocycles. The van der Waals surface area contributed by atoms with Crippen molar-refractivity contribution in [2.75, 3.05) is 0 Å². The highest BCUT2D eigenvalue weighted by Gasteiger charge is 2.41. The molecule has 0 spiro atoms. The van der Waals surface area contributed by atoms with Crippen LogP contribution < -0.4 is 0 Å². The van der Waals surface area contributed by atoms with Crippen molar-refractivity contribution in [1.82, 2.24) is 0 Å². The van der Waals surface area contributed by atoms with Crippen molar-refractivity contribution in [2.24, 2.45) is 11.8 Å². The Hall–Kier alpha value is -0.0100. The first-order valence-corrected chi connectivity index (χ1v) is 5.82. The van der Waals surface area contributed by atoms with Crippen LogP contribution in [0.15, 0.2) is 17.5 Å². The van der Waals surface area contributed by atoms with E-state index in [0.717, 1.165) is 11.8 Å². The third kappa shape index (κ3) is 1.53. The summed E-state index contributed by atoms with van der Waals surface area (Å²) < 4.78 is 0. The van der Waals surface area contributed by atoms with Crippen molar-refractivity contribution in [3.05, 3.63) is 22.4 Å². The molecule has 1 saturated carbocycles. The van der Waals surface area contributed by atoms with Gasteiger partial charge in [-0.1, -0.05) is 19.4 Å². The van der Waals surface area contributed by atoms with Crippen LogP contribution in [0.3, 0.4) is 0 Å². The Morgan fingerprint density at radius 1 is 1.75 bits per heavy atom. The van der Waals surface area contributed by atoms with Gasteiger partial charge in [-0.2, -0.15) is 0 Å². The summed E-state index contributed by atoms with van der Waals surface area (Å²) in [5.41, 5.74) is 0. The molecule has 2 heteroatoms. The largest absolute Gasteiger partial charge is 0.147 e. The van der Waals surface area contributed by atoms with E-state index in [1.54, 1.807) is 11.3 Å². The first-order valence-electron chi connectivity index (χ1n) is 4.50. The highest BCUT2D eigenvalue weighted by Crippen LogP contribution is 2.52. The Morgan fingerprint density at radius 2 is 2.58 bits per heavy atom. The summed E-state index contributed by atoms with van der Waals surface area (Å²) in [6.07, 6.45) is 2.63. The van der Waals surface area contributed by atoms with Gasteiger partial charge in [0.25, 0.3) is 0 Å². The van der Waals surface area contributed by atoms with E-state index in [1.807, 2.05) is 0 Å². The monoisotopic (exact) mass is 200 g/mol. The molecule has 0 amide bonds. The van der Waals surface area contributed by atoms with Gasteiger partial charge in [0.1, 0.15) is 0 Å². The maximum atomic E-state index is 6.33. The summed E-state index contributed by atoms with van der Waals surface area (Å²) in [6, 6.07) is 4.23. The Kier molecular flexibility index (Phi) is 2.42. The van der Waals surface area contributed by atoms with E-state index in [2.05, 4.69) is 24.4 Å². The molecule has 0 radical (unpaired) electrons. The quantitative estimate of drug-likeness (QED) is 0.646. The van der Waals surface area contributed by atoms with Gasteiger partial charge in [0.15, 0.2) is 0 Å². The van der Waals surface area contributed by atoms with Crippen molar-refractivity contribution >= 4 is 22.9 Å². The van der Waals surface area contributed by atoms with Gasteiger partial charge < -0.3 is 0 Å². The van der Waals surface area contributed by atoms with Crippen LogP contribution in [0.1, 0.15) is 30.0 Å². The fraction of sp³-hybridized carbons (Fsp3) is 0.600. The average molecular weight is 201 g/mol. The zero-order valence-corrected chi connectivity index (χ0v) is 8.74. The van der Waals surface area contributed by atoms with Crippen LogP contribution >= 0.6 is 22.9 Å². The van der Waals surface area contributed by atoms with Gasteiger partial charge in [0, 0.05) is 4.88 Å². The predicted molar refractivity (Wildman–Crippen MR) is 54.8 cm³/mol. The molecule has 12 heavy (non-hydrogen) atoms. The smallest absolute Gasteiger partial charge is 0.0709 e. The molecule has 1 aromatic rings. The highest BCUT2D eigenvalue weighted by molar-refractivity contribution is 7.10. The van der Waals surface area contributed by atoms with Crippen molar-refractivity contribution in [1.29, 1.82) is 0 Å². The molecular weight excluding hydrogens is 188 g/mol. The molecule has 1 aliphatic carbocycles. The van der Waals surface area contributed by atoms with Crippen LogP contribution in [0, 0.1) is 11.8 Å². The van der Waals surface area contributed by atoms with E-state index in [1.165, 1.54) is 17.7 Å². The van der Waals surface area contributed by atoms with Crippen molar-refractivity contribution in [3.63, 3.8) is 0 Å². The summed E-state index contributed by atoms with van der Waals surface area (Å²) in [7, 11) is 0. The number of hydrogen-bond donors (Lipinski definition) is 0. The highest BCUT2D eigenvalue weighted by atomic mass is 35.5. The van der Waals surface area contributed by atoms with E-state index >= 15 is 0 Å². The zero-order chi connectivity index (χ0) is 8.55. The van der Waals surface area contributed by atoms with Crippen LogP contribution in [0.4, 0.5) is 0 Å². The third-order valence-corrected chi connectivity index (χ3v) is 4.34. The van der Waals surface area contributed by atoms with E-state index in [0.29, 0.717) is 0 Å². The summed E-state index contributed by atoms with van der Waals surface area (Å²) in [6.45, 7) is 2.25. The van der Waals surface area contributed by atoms with Gasteiger partial charge in [-0.05, 0) is 29.7 Å². The van der Waals surface area contributed by atoms with Crippen LogP contribution in [0.25, 0.3) is 0 Å². The van der Waals surface area contributed by atoms with Crippen LogP contribution in [0.2, 0.25) is 0 Å². The lowest BCUT2D eigenvalue weighted by molar-refractivity contribution is 0.667. The Balaban J connectivity index is 1.99. The molecule has 1 aromatic heterocycles. The molecule has 1 heterocycles. The standard InChI is InChI=1S/C10H13ClS/c1-2-7-6-8(7)10(11)9-4-3-5-12-9/h3-5,7-8,10H,2,6H2,1H3. The predicted octanol–water partition coefficient (Wildman–Crippen LogP) is 4.07. The van der Waals surface area contributed by atoms with E-state index in [4.69, 9.17) is 11.6 Å². The van der Waals surface area contributed by atoms with Gasteiger partial charge in [0.05, 0.1) is 5.38 Å². The molecule has 3 unspecified atom stereocenters. The maximum absolute atomic E-state index is 6.33. The third-order valence-electron chi connectivity index (χ3n) is 2.69. The molecule has 0 aliphatic heterocycles. The molecule has 66 valence electrons. The summed E-state index contributed by atoms with van der Waals surface area (Å²) >= 11 is 8.11. The second kappa shape index (κ2) is 3.39. The maximum Gasteiger partial charge on any atom is 0.0709 e. The Bertz CT molecular complexity index is 242. The summed E-state index contributed by atoms with van der Waals surface area (Å²) in [5, 5.41) is 2.39. The lowest BCUT2D eigenvalue weighted by Gasteiger charge is -2.04. The first-order chi connectivity index (χ1) is 5.83. The SMILES string of the molecule is CCC1CC1C(Cl)c1cccs1. The first kappa shape index (κ1) is 8.58. The molecule has 0 nitrogen and oxygen atoms in total. The van der Waals surface area contributed by atoms with E-state index in [-0.39, 0.29) is 5.38 Å². The van der Waals surface area contributed by atoms with Crippen LogP contribution in [-0.2, 0) is 0 Å². The van der Waals surface area contributed by atoms with Crippen molar-refractivity contribution < 1.29 is 0 Å². The van der Waals surface area contributed by atoms with Crippen LogP contribution in [-0.4, -0.2) is 0 Å². The minimum Gasteiger partial charge on any atom is -0.147 e. The summed E-state index contributed by atoms with van der Waals surface area (Å²) in [4.78, 5) is 1.35. The molecule has 0 bridgehead atoms. The Labute approximate surface area is 82.6 Å². The van der Waals surface area contributed by atoms with Gasteiger partial charge in [-0.25, -0.2) is 0 Å². The number of thiophene rings is 1. The molecule has 0 N–H and O–H groups in total. The van der Waals surface area contributed by atoms with E-state index in [9.17, 15) is 0 Å². The molecule has 1 aliphatic rings. The van der Waals surface area contributed by atoms with Gasteiger partial charge in [-0.3, -0.25) is 0 Å². The molecule has 1 fully saturated rings. The normalized spacial score (nSPS) is 30.2. The fourth-order valence-corrected chi connectivity index (χ4v) is 3.07. The second-order valence-corrected chi connectivity index (χ2v) is 4.93. The summed E-state index contributed by atoms with van der Waals surface area (Å²) in [5.74, 6) is 1.66. The molecular formula is C10H13ClS. The van der Waals surface area contributed by atoms with E-state index < -0.39 is 0 Å². The number of alkyl halides is 1. The van der Waals surface area contributed by atoms with Gasteiger partial charge in [-0.15, -0.1) is 22.9 Å². The number of rotatable bonds is 3. The fourth-order valence-electron chi connectivity index (χ4n) is 1.76. The van der Waals surface area contributed by atoms with Crippen LogP contribution in [0.5, 0.6) is 0 Å². The van der Waals surface area contributed by atoms with Gasteiger partial charge in [0.2, 0.25) is 0 Å². The average Bonchev–Trinajstić information content (AvgIpc) is 2.68. The van der Waals surface area contributed by atoms with Crippen molar-refractivity contribution in [3.8, 4) is 0 Å². The van der Waals surface area contributed by atoms with Crippen molar-refractivity contribution in [2.45, 2.75) is 25.1 Å². The zero-order valence-electron chi connectivity index (χ0n) is 7.16. The number of hydrogen-bond acceptors (Lipinski definition) is 1. The Morgan fingerprint density at radius 3 is 3.08 bits per heavy atom. The van der Waals surface area contributed by atoms with Gasteiger partial charge >= 0.3 is 0 Å². The lowest BCUT2D eigenvalue weighted by atomic mass is 10.2. The minimum absolute atomic E-state index is 0.287. The molecule has 2 rings (SSSR count). The lowest BCUT2D eigenvalue weighted by Crippen LogP contribution is -1.91. The topological polar surface area (TPSA) is 0 Å². The molecule has 3 atom stereocenters. The second-order valence-electron chi connectivity index (χ2n) is 3.49. The minimum atomic E-state index is 0.287. The molecule has 0 aromatic carbocycles. The number of halogens is 1.